The van der Waals surface area contributed by atoms with E-state index in [0.717, 1.165) is 6.04 Å². The molecule has 0 bridgehead atoms. The molecule has 1 fully saturated rings. The first-order valence-corrected chi connectivity index (χ1v) is 6.75. The van der Waals surface area contributed by atoms with E-state index in [-0.39, 0.29) is 0 Å². The number of nitrogens with zero attached hydrogens (tertiary/aromatic N) is 1. The Morgan fingerprint density at radius 1 is 1.07 bits per heavy atom. The zero-order chi connectivity index (χ0) is 10.9. The molecular weight excluding hydrogens is 184 g/mol. The molecule has 0 aromatic rings. The van der Waals surface area contributed by atoms with Crippen molar-refractivity contribution in [1.82, 2.24) is 10.2 Å². The molecule has 0 amide bonds. The maximum absolute atomic E-state index is 3.53. The second kappa shape index (κ2) is 8.12. The van der Waals surface area contributed by atoms with E-state index in [9.17, 15) is 0 Å². The highest BCUT2D eigenvalue weighted by Gasteiger charge is 2.25. The molecule has 0 aromatic heterocycles. The van der Waals surface area contributed by atoms with Crippen LogP contribution in [0.5, 0.6) is 0 Å². The molecule has 0 aliphatic heterocycles. The van der Waals surface area contributed by atoms with Crippen molar-refractivity contribution in [3.63, 3.8) is 0 Å². The van der Waals surface area contributed by atoms with E-state index in [4.69, 9.17) is 0 Å². The Hall–Kier alpha value is -0.0800. The van der Waals surface area contributed by atoms with Crippen LogP contribution in [0.25, 0.3) is 0 Å². The summed E-state index contributed by atoms with van der Waals surface area (Å²) in [6, 6.07) is 0.913. The van der Waals surface area contributed by atoms with Gasteiger partial charge in [-0.1, -0.05) is 32.6 Å². The van der Waals surface area contributed by atoms with Crippen LogP contribution in [0.2, 0.25) is 0 Å². The quantitative estimate of drug-likeness (QED) is 0.560. The van der Waals surface area contributed by atoms with E-state index in [0.29, 0.717) is 0 Å². The van der Waals surface area contributed by atoms with E-state index in [1.165, 1.54) is 64.6 Å². The standard InChI is InChI=1S/C13H28N2/c1-3-4-5-6-7-10-14-11-12-15(2)13-8-9-13/h13-14H,3-12H2,1-2H3. The first-order valence-electron chi connectivity index (χ1n) is 6.75. The Labute approximate surface area is 95.4 Å². The van der Waals surface area contributed by atoms with Crippen molar-refractivity contribution < 1.29 is 0 Å². The van der Waals surface area contributed by atoms with Crippen molar-refractivity contribution >= 4 is 0 Å². The van der Waals surface area contributed by atoms with Crippen molar-refractivity contribution in [1.29, 1.82) is 0 Å². The molecule has 15 heavy (non-hydrogen) atoms. The molecule has 1 aliphatic carbocycles. The number of hydrogen-bond acceptors (Lipinski definition) is 2. The van der Waals surface area contributed by atoms with Gasteiger partial charge in [0.15, 0.2) is 0 Å². The van der Waals surface area contributed by atoms with Gasteiger partial charge in [-0.05, 0) is 32.9 Å². The highest BCUT2D eigenvalue weighted by Crippen LogP contribution is 2.24. The van der Waals surface area contributed by atoms with E-state index in [1.54, 1.807) is 0 Å². The Bertz CT molecular complexity index is 143. The lowest BCUT2D eigenvalue weighted by Crippen LogP contribution is -2.31. The number of unbranched alkanes of at least 4 members (excludes halogenated alkanes) is 4. The SMILES string of the molecule is CCCCCCCNCCN(C)C1CC1. The summed E-state index contributed by atoms with van der Waals surface area (Å²) in [6.45, 7) is 5.87. The smallest absolute Gasteiger partial charge is 0.0107 e. The molecule has 1 saturated carbocycles. The lowest BCUT2D eigenvalue weighted by molar-refractivity contribution is 0.321. The zero-order valence-corrected chi connectivity index (χ0v) is 10.6. The van der Waals surface area contributed by atoms with Gasteiger partial charge in [-0.25, -0.2) is 0 Å². The number of hydrogen-bond donors (Lipinski definition) is 1. The predicted octanol–water partition coefficient (Wildman–Crippen LogP) is 2.64. The average Bonchev–Trinajstić information content (AvgIpc) is 3.05. The second-order valence-corrected chi connectivity index (χ2v) is 4.88. The molecule has 1 N–H and O–H groups in total. The Morgan fingerprint density at radius 3 is 2.47 bits per heavy atom. The number of nitrogens with one attached hydrogen (secondary N) is 1. The van der Waals surface area contributed by atoms with Gasteiger partial charge >= 0.3 is 0 Å². The summed E-state index contributed by atoms with van der Waals surface area (Å²) < 4.78 is 0. The maximum atomic E-state index is 3.53. The molecule has 0 spiro atoms. The van der Waals surface area contributed by atoms with Crippen molar-refractivity contribution in [2.75, 3.05) is 26.7 Å². The molecule has 1 rings (SSSR count). The van der Waals surface area contributed by atoms with Crippen LogP contribution in [0.1, 0.15) is 51.9 Å². The van der Waals surface area contributed by atoms with Crippen LogP contribution in [-0.2, 0) is 0 Å². The van der Waals surface area contributed by atoms with Crippen molar-refractivity contribution in [2.24, 2.45) is 0 Å². The third kappa shape index (κ3) is 6.91. The molecule has 2 heteroatoms. The van der Waals surface area contributed by atoms with Crippen LogP contribution >= 0.6 is 0 Å². The van der Waals surface area contributed by atoms with Gasteiger partial charge in [0.1, 0.15) is 0 Å². The van der Waals surface area contributed by atoms with Gasteiger partial charge < -0.3 is 10.2 Å². The molecular formula is C13H28N2. The summed E-state index contributed by atoms with van der Waals surface area (Å²) in [6.07, 6.45) is 9.78. The van der Waals surface area contributed by atoms with E-state index in [1.807, 2.05) is 0 Å². The Balaban J connectivity index is 1.72. The van der Waals surface area contributed by atoms with E-state index < -0.39 is 0 Å². The first-order chi connectivity index (χ1) is 7.34. The molecule has 1 aliphatic rings. The molecule has 90 valence electrons. The molecule has 0 unspecified atom stereocenters. The predicted molar refractivity (Wildman–Crippen MR) is 67.3 cm³/mol. The van der Waals surface area contributed by atoms with E-state index >= 15 is 0 Å². The van der Waals surface area contributed by atoms with Crippen LogP contribution < -0.4 is 5.32 Å². The number of likely N-dealkylation sites (N-methyl/N-ethyl adjacent to an activating group) is 1. The third-order valence-electron chi connectivity index (χ3n) is 3.27. The van der Waals surface area contributed by atoms with Crippen LogP contribution in [0.4, 0.5) is 0 Å². The van der Waals surface area contributed by atoms with E-state index in [2.05, 4.69) is 24.2 Å². The maximum Gasteiger partial charge on any atom is 0.0107 e. The lowest BCUT2D eigenvalue weighted by atomic mass is 10.1. The third-order valence-corrected chi connectivity index (χ3v) is 3.27. The van der Waals surface area contributed by atoms with Gasteiger partial charge in [0.2, 0.25) is 0 Å². The summed E-state index contributed by atoms with van der Waals surface area (Å²) >= 11 is 0. The molecule has 0 radical (unpaired) electrons. The average molecular weight is 212 g/mol. The van der Waals surface area contributed by atoms with Gasteiger partial charge in [-0.15, -0.1) is 0 Å². The second-order valence-electron chi connectivity index (χ2n) is 4.88. The zero-order valence-electron chi connectivity index (χ0n) is 10.6. The summed E-state index contributed by atoms with van der Waals surface area (Å²) in [5, 5.41) is 3.53. The summed E-state index contributed by atoms with van der Waals surface area (Å²) in [5.74, 6) is 0. The van der Waals surface area contributed by atoms with Crippen LogP contribution in [0, 0.1) is 0 Å². The minimum atomic E-state index is 0.913. The summed E-state index contributed by atoms with van der Waals surface area (Å²) in [7, 11) is 2.25. The van der Waals surface area contributed by atoms with Gasteiger partial charge in [0, 0.05) is 19.1 Å². The van der Waals surface area contributed by atoms with Gasteiger partial charge in [0.25, 0.3) is 0 Å². The molecule has 0 aromatic carbocycles. The highest BCUT2D eigenvalue weighted by atomic mass is 15.2. The fraction of sp³-hybridized carbons (Fsp3) is 1.00. The van der Waals surface area contributed by atoms with Crippen molar-refractivity contribution in [3.8, 4) is 0 Å². The monoisotopic (exact) mass is 212 g/mol. The van der Waals surface area contributed by atoms with Crippen LogP contribution in [-0.4, -0.2) is 37.6 Å². The summed E-state index contributed by atoms with van der Waals surface area (Å²) in [5.41, 5.74) is 0. The van der Waals surface area contributed by atoms with Crippen molar-refractivity contribution in [3.05, 3.63) is 0 Å². The largest absolute Gasteiger partial charge is 0.315 e. The number of rotatable bonds is 10. The molecule has 0 atom stereocenters. The van der Waals surface area contributed by atoms with Crippen LogP contribution in [0.15, 0.2) is 0 Å². The molecule has 2 nitrogen and oxygen atoms in total. The van der Waals surface area contributed by atoms with Crippen LogP contribution in [0.3, 0.4) is 0 Å². The minimum absolute atomic E-state index is 0.913. The molecule has 0 saturated heterocycles. The normalized spacial score (nSPS) is 16.2. The first kappa shape index (κ1) is 13.0. The van der Waals surface area contributed by atoms with Gasteiger partial charge in [0.05, 0.1) is 0 Å². The fourth-order valence-corrected chi connectivity index (χ4v) is 1.93. The Kier molecular flexibility index (Phi) is 7.03. The van der Waals surface area contributed by atoms with Crippen molar-refractivity contribution in [2.45, 2.75) is 57.9 Å². The Morgan fingerprint density at radius 2 is 1.80 bits per heavy atom. The fourth-order valence-electron chi connectivity index (χ4n) is 1.93. The van der Waals surface area contributed by atoms with Gasteiger partial charge in [-0.3, -0.25) is 0 Å². The highest BCUT2D eigenvalue weighted by molar-refractivity contribution is 4.82. The molecule has 0 heterocycles. The van der Waals surface area contributed by atoms with Gasteiger partial charge in [-0.2, -0.15) is 0 Å². The lowest BCUT2D eigenvalue weighted by Gasteiger charge is -2.15. The minimum Gasteiger partial charge on any atom is -0.315 e. The topological polar surface area (TPSA) is 15.3 Å². The summed E-state index contributed by atoms with van der Waals surface area (Å²) in [4.78, 5) is 2.49.